The normalized spacial score (nSPS) is 11.7. The molecule has 2 nitrogen and oxygen atoms in total. The molecule has 2 aromatic rings. The van der Waals surface area contributed by atoms with Crippen molar-refractivity contribution in [2.75, 3.05) is 14.2 Å². The lowest BCUT2D eigenvalue weighted by molar-refractivity contribution is 0.407. The van der Waals surface area contributed by atoms with Crippen LogP contribution in [0.15, 0.2) is 36.4 Å². The SMILES string of the molecule is COc1ccc(C(C)(CCC(C)C)c2ccc(OC)c(C)c2)cc1C. The monoisotopic (exact) mass is 340 g/mol. The molecule has 2 heteroatoms. The van der Waals surface area contributed by atoms with Gasteiger partial charge in [-0.05, 0) is 67.0 Å². The van der Waals surface area contributed by atoms with Gasteiger partial charge in [-0.2, -0.15) is 0 Å². The third-order valence-corrected chi connectivity index (χ3v) is 5.29. The largest absolute Gasteiger partial charge is 0.496 e. The molecule has 0 radical (unpaired) electrons. The minimum Gasteiger partial charge on any atom is -0.496 e. The highest BCUT2D eigenvalue weighted by molar-refractivity contribution is 5.47. The Morgan fingerprint density at radius 3 is 1.60 bits per heavy atom. The maximum atomic E-state index is 5.45. The van der Waals surface area contributed by atoms with Gasteiger partial charge in [-0.25, -0.2) is 0 Å². The predicted octanol–water partition coefficient (Wildman–Crippen LogP) is 6.06. The van der Waals surface area contributed by atoms with Crippen molar-refractivity contribution in [2.45, 2.75) is 52.9 Å². The molecular weight excluding hydrogens is 308 g/mol. The van der Waals surface area contributed by atoms with Crippen molar-refractivity contribution in [1.29, 1.82) is 0 Å². The molecule has 136 valence electrons. The van der Waals surface area contributed by atoms with E-state index in [-0.39, 0.29) is 5.41 Å². The molecule has 0 fully saturated rings. The van der Waals surface area contributed by atoms with Crippen LogP contribution in [0.2, 0.25) is 0 Å². The van der Waals surface area contributed by atoms with Gasteiger partial charge in [-0.15, -0.1) is 0 Å². The Labute approximate surface area is 153 Å². The van der Waals surface area contributed by atoms with E-state index in [9.17, 15) is 0 Å². The molecule has 0 bridgehead atoms. The lowest BCUT2D eigenvalue weighted by Gasteiger charge is -2.33. The van der Waals surface area contributed by atoms with E-state index in [1.165, 1.54) is 28.7 Å². The van der Waals surface area contributed by atoms with Gasteiger partial charge < -0.3 is 9.47 Å². The van der Waals surface area contributed by atoms with Crippen LogP contribution < -0.4 is 9.47 Å². The lowest BCUT2D eigenvalue weighted by atomic mass is 9.71. The first-order valence-corrected chi connectivity index (χ1v) is 9.12. The fourth-order valence-electron chi connectivity index (χ4n) is 3.48. The summed E-state index contributed by atoms with van der Waals surface area (Å²) in [6.45, 7) is 11.2. The summed E-state index contributed by atoms with van der Waals surface area (Å²) in [5.41, 5.74) is 5.02. The Bertz CT molecular complexity index is 663. The van der Waals surface area contributed by atoms with Crippen LogP contribution in [0.4, 0.5) is 0 Å². The molecule has 0 N–H and O–H groups in total. The van der Waals surface area contributed by atoms with E-state index in [4.69, 9.17) is 9.47 Å². The highest BCUT2D eigenvalue weighted by Gasteiger charge is 2.30. The molecule has 25 heavy (non-hydrogen) atoms. The minimum atomic E-state index is -0.0294. The molecule has 0 heterocycles. The van der Waals surface area contributed by atoms with Crippen LogP contribution in [0.25, 0.3) is 0 Å². The first kappa shape index (κ1) is 19.4. The summed E-state index contributed by atoms with van der Waals surface area (Å²) in [7, 11) is 3.46. The highest BCUT2D eigenvalue weighted by atomic mass is 16.5. The van der Waals surface area contributed by atoms with Gasteiger partial charge in [0.05, 0.1) is 14.2 Å². The molecule has 0 atom stereocenters. The van der Waals surface area contributed by atoms with E-state index in [1.807, 2.05) is 0 Å². The Morgan fingerprint density at radius 1 is 0.840 bits per heavy atom. The third kappa shape index (κ3) is 4.18. The fourth-order valence-corrected chi connectivity index (χ4v) is 3.48. The minimum absolute atomic E-state index is 0.0294. The second-order valence-corrected chi connectivity index (χ2v) is 7.63. The van der Waals surface area contributed by atoms with E-state index in [2.05, 4.69) is 71.0 Å². The van der Waals surface area contributed by atoms with E-state index >= 15 is 0 Å². The van der Waals surface area contributed by atoms with E-state index in [0.717, 1.165) is 17.9 Å². The number of aryl methyl sites for hydroxylation is 2. The van der Waals surface area contributed by atoms with Gasteiger partial charge in [-0.1, -0.05) is 45.0 Å². The smallest absolute Gasteiger partial charge is 0.121 e. The summed E-state index contributed by atoms with van der Waals surface area (Å²) >= 11 is 0. The maximum Gasteiger partial charge on any atom is 0.121 e. The molecule has 0 unspecified atom stereocenters. The molecule has 0 saturated carbocycles. The molecule has 0 aromatic heterocycles. The molecule has 0 amide bonds. The summed E-state index contributed by atoms with van der Waals surface area (Å²) in [5, 5.41) is 0. The zero-order valence-corrected chi connectivity index (χ0v) is 16.8. The average Bonchev–Trinajstić information content (AvgIpc) is 2.59. The third-order valence-electron chi connectivity index (χ3n) is 5.29. The van der Waals surface area contributed by atoms with Gasteiger partial charge in [0.1, 0.15) is 11.5 Å². The summed E-state index contributed by atoms with van der Waals surface area (Å²) < 4.78 is 10.9. The van der Waals surface area contributed by atoms with Crippen LogP contribution >= 0.6 is 0 Å². The number of hydrogen-bond acceptors (Lipinski definition) is 2. The van der Waals surface area contributed by atoms with Crippen molar-refractivity contribution >= 4 is 0 Å². The van der Waals surface area contributed by atoms with Crippen LogP contribution in [0.3, 0.4) is 0 Å². The van der Waals surface area contributed by atoms with E-state index in [0.29, 0.717) is 5.92 Å². The van der Waals surface area contributed by atoms with Crippen LogP contribution in [0.1, 0.15) is 55.9 Å². The lowest BCUT2D eigenvalue weighted by Crippen LogP contribution is -2.25. The molecule has 0 aliphatic carbocycles. The Hall–Kier alpha value is -1.96. The molecule has 2 rings (SSSR count). The van der Waals surface area contributed by atoms with E-state index < -0.39 is 0 Å². The second kappa shape index (κ2) is 7.95. The number of benzene rings is 2. The Morgan fingerprint density at radius 2 is 1.28 bits per heavy atom. The van der Waals surface area contributed by atoms with Crippen LogP contribution in [-0.4, -0.2) is 14.2 Å². The van der Waals surface area contributed by atoms with Gasteiger partial charge in [0.25, 0.3) is 0 Å². The fraction of sp³-hybridized carbons (Fsp3) is 0.478. The Balaban J connectivity index is 2.53. The maximum absolute atomic E-state index is 5.45. The van der Waals surface area contributed by atoms with E-state index in [1.54, 1.807) is 14.2 Å². The van der Waals surface area contributed by atoms with Crippen LogP contribution in [-0.2, 0) is 5.41 Å². The Kier molecular flexibility index (Phi) is 6.16. The standard InChI is InChI=1S/C23H32O2/c1-16(2)12-13-23(5,19-8-10-21(24-6)17(3)14-19)20-9-11-22(25-7)18(4)15-20/h8-11,14-16H,12-13H2,1-7H3. The zero-order valence-electron chi connectivity index (χ0n) is 16.8. The summed E-state index contributed by atoms with van der Waals surface area (Å²) in [4.78, 5) is 0. The van der Waals surface area contributed by atoms with Crippen molar-refractivity contribution in [2.24, 2.45) is 5.92 Å². The molecule has 0 saturated heterocycles. The first-order valence-electron chi connectivity index (χ1n) is 9.12. The second-order valence-electron chi connectivity index (χ2n) is 7.63. The number of hydrogen-bond donors (Lipinski definition) is 0. The summed E-state index contributed by atoms with van der Waals surface area (Å²) in [6, 6.07) is 13.2. The molecule has 0 spiro atoms. The summed E-state index contributed by atoms with van der Waals surface area (Å²) in [6.07, 6.45) is 2.30. The van der Waals surface area contributed by atoms with Gasteiger partial charge in [0.15, 0.2) is 0 Å². The van der Waals surface area contributed by atoms with Crippen molar-refractivity contribution in [3.63, 3.8) is 0 Å². The van der Waals surface area contributed by atoms with Gasteiger partial charge in [-0.3, -0.25) is 0 Å². The zero-order chi connectivity index (χ0) is 18.6. The topological polar surface area (TPSA) is 18.5 Å². The first-order chi connectivity index (χ1) is 11.8. The van der Waals surface area contributed by atoms with Gasteiger partial charge in [0.2, 0.25) is 0 Å². The quantitative estimate of drug-likeness (QED) is 0.609. The van der Waals surface area contributed by atoms with Gasteiger partial charge >= 0.3 is 0 Å². The number of methoxy groups -OCH3 is 2. The van der Waals surface area contributed by atoms with Crippen LogP contribution in [0.5, 0.6) is 11.5 Å². The van der Waals surface area contributed by atoms with Crippen molar-refractivity contribution < 1.29 is 9.47 Å². The molecule has 0 aliphatic heterocycles. The highest BCUT2D eigenvalue weighted by Crippen LogP contribution is 2.40. The molecule has 0 aliphatic rings. The van der Waals surface area contributed by atoms with Crippen molar-refractivity contribution in [1.82, 2.24) is 0 Å². The summed E-state index contributed by atoms with van der Waals surface area (Å²) in [5.74, 6) is 2.57. The van der Waals surface area contributed by atoms with Crippen LogP contribution in [0, 0.1) is 19.8 Å². The van der Waals surface area contributed by atoms with Crippen molar-refractivity contribution in [3.05, 3.63) is 58.7 Å². The average molecular weight is 341 g/mol. The molecule has 2 aromatic carbocycles. The number of ether oxygens (including phenoxy) is 2. The van der Waals surface area contributed by atoms with Crippen molar-refractivity contribution in [3.8, 4) is 11.5 Å². The molecular formula is C23H32O2. The number of rotatable bonds is 7. The van der Waals surface area contributed by atoms with Gasteiger partial charge in [0, 0.05) is 5.41 Å². The predicted molar refractivity (Wildman–Crippen MR) is 106 cm³/mol.